The van der Waals surface area contributed by atoms with Gasteiger partial charge in [-0.1, -0.05) is 73.4 Å². The Kier molecular flexibility index (Phi) is 19.1. The second-order valence-corrected chi connectivity index (χ2v) is 17.1. The van der Waals surface area contributed by atoms with Crippen LogP contribution in [0.25, 0.3) is 0 Å². The van der Waals surface area contributed by atoms with E-state index in [1.54, 1.807) is 41.5 Å². The minimum atomic E-state index is -0.559. The molecule has 1 saturated heterocycles. The number of likely N-dealkylation sites (tertiary alicyclic amines) is 1. The quantitative estimate of drug-likeness (QED) is 0.0833. The van der Waals surface area contributed by atoms with Crippen molar-refractivity contribution in [3.05, 3.63) is 45.9 Å². The van der Waals surface area contributed by atoms with Crippen LogP contribution in [0.5, 0.6) is 5.75 Å². The molecule has 0 radical (unpaired) electrons. The van der Waals surface area contributed by atoms with Crippen LogP contribution in [0.15, 0.2) is 29.6 Å². The number of nitrogens with two attached hydrogens (primary N) is 1. The van der Waals surface area contributed by atoms with E-state index < -0.39 is 5.92 Å². The van der Waals surface area contributed by atoms with Gasteiger partial charge in [-0.25, -0.2) is 4.98 Å². The molecule has 0 bridgehead atoms. The van der Waals surface area contributed by atoms with E-state index >= 15 is 0 Å². The van der Waals surface area contributed by atoms with E-state index in [4.69, 9.17) is 15.5 Å². The lowest BCUT2D eigenvalue weighted by Crippen LogP contribution is -2.50. The molecule has 1 unspecified atom stereocenters. The standard InChI is InChI=1S/C43H67N5O7S/c1-9-13-40(52)55-26-48(43(54)34(28(5)10-2)23-38(50)36-14-11-12-19-47(36)8)37(27(3)4)21-30(7)42-46-35(25-56-42)41(53)45-32(20-29(6)39(51)24-44)22-31-15-17-33(49)18-16-31/h15-18,25,27-30,32,34,36-37,49H,9-14,19-24,26,44H2,1-8H3,(H,45,53)/t28?,29-,30+,32+,34-,36+,37+/m0/s1. The topological polar surface area (TPSA) is 172 Å². The highest BCUT2D eigenvalue weighted by molar-refractivity contribution is 7.09. The number of aromatic hydroxyl groups is 1. The highest BCUT2D eigenvalue weighted by atomic mass is 32.1. The number of thiazole rings is 1. The largest absolute Gasteiger partial charge is 0.508 e. The van der Waals surface area contributed by atoms with Gasteiger partial charge in [-0.2, -0.15) is 0 Å². The highest BCUT2D eigenvalue weighted by Crippen LogP contribution is 2.32. The molecule has 312 valence electrons. The van der Waals surface area contributed by atoms with E-state index in [2.05, 4.69) is 10.2 Å². The number of Topliss-reactive ketones (excluding diaryl/α,β-unsaturated/α-hetero) is 2. The number of carbonyl (C=O) groups excluding carboxylic acids is 5. The molecule has 0 saturated carbocycles. The normalized spacial score (nSPS) is 18.0. The van der Waals surface area contributed by atoms with Gasteiger partial charge in [-0.15, -0.1) is 11.3 Å². The molecule has 1 aromatic carbocycles. The molecule has 1 fully saturated rings. The molecule has 1 aromatic heterocycles. The molecule has 2 heterocycles. The molecule has 0 aliphatic carbocycles. The number of phenolic OH excluding ortho intramolecular Hbond substituents is 1. The van der Waals surface area contributed by atoms with Crippen LogP contribution in [0.1, 0.15) is 133 Å². The first-order chi connectivity index (χ1) is 26.6. The molecule has 0 spiro atoms. The molecule has 56 heavy (non-hydrogen) atoms. The Morgan fingerprint density at radius 2 is 1.75 bits per heavy atom. The monoisotopic (exact) mass is 797 g/mol. The number of amides is 2. The third-order valence-corrected chi connectivity index (χ3v) is 12.5. The lowest BCUT2D eigenvalue weighted by atomic mass is 9.82. The minimum absolute atomic E-state index is 0.0225. The molecule has 13 heteroatoms. The average molecular weight is 798 g/mol. The third-order valence-electron chi connectivity index (χ3n) is 11.4. The van der Waals surface area contributed by atoms with Crippen LogP contribution in [-0.2, 0) is 30.3 Å². The van der Waals surface area contributed by atoms with Crippen LogP contribution in [0, 0.1) is 23.7 Å². The Hall–Kier alpha value is -3.68. The summed E-state index contributed by atoms with van der Waals surface area (Å²) in [5.41, 5.74) is 6.78. The fraction of sp³-hybridized carbons (Fsp3) is 0.674. The molecular formula is C43H67N5O7S. The Bertz CT molecular complexity index is 1580. The van der Waals surface area contributed by atoms with Crippen molar-refractivity contribution < 1.29 is 33.8 Å². The summed E-state index contributed by atoms with van der Waals surface area (Å²) in [6.07, 6.45) is 5.91. The zero-order valence-corrected chi connectivity index (χ0v) is 35.7. The zero-order chi connectivity index (χ0) is 41.5. The summed E-state index contributed by atoms with van der Waals surface area (Å²) in [4.78, 5) is 75.7. The van der Waals surface area contributed by atoms with Crippen molar-refractivity contribution in [3.63, 3.8) is 0 Å². The maximum absolute atomic E-state index is 14.7. The SMILES string of the molecule is CCCC(=O)OCN(C(=O)[C@@H](CC(=O)[C@H]1CCCCN1C)C(C)CC)[C@H](C[C@@H](C)c1nc(C(=O)N[C@@H](Cc2ccc(O)cc2)C[C@H](C)C(=O)CN)cs1)C(C)C. The van der Waals surface area contributed by atoms with Gasteiger partial charge in [0.1, 0.15) is 17.2 Å². The molecule has 1 aliphatic rings. The highest BCUT2D eigenvalue weighted by Gasteiger charge is 2.38. The molecule has 2 amide bonds. The van der Waals surface area contributed by atoms with E-state index in [1.807, 2.05) is 48.6 Å². The first kappa shape index (κ1) is 46.7. The summed E-state index contributed by atoms with van der Waals surface area (Å²) >= 11 is 1.37. The number of benzene rings is 1. The van der Waals surface area contributed by atoms with Crippen LogP contribution in [0.2, 0.25) is 0 Å². The predicted octanol–water partition coefficient (Wildman–Crippen LogP) is 6.50. The van der Waals surface area contributed by atoms with Gasteiger partial charge >= 0.3 is 5.97 Å². The van der Waals surface area contributed by atoms with Crippen LogP contribution < -0.4 is 11.1 Å². The second-order valence-electron chi connectivity index (χ2n) is 16.2. The fourth-order valence-corrected chi connectivity index (χ4v) is 8.45. The zero-order valence-electron chi connectivity index (χ0n) is 34.9. The van der Waals surface area contributed by atoms with Gasteiger partial charge in [-0.3, -0.25) is 28.9 Å². The number of rotatable bonds is 23. The summed E-state index contributed by atoms with van der Waals surface area (Å²) in [6, 6.07) is 5.82. The van der Waals surface area contributed by atoms with Gasteiger partial charge in [0.2, 0.25) is 5.91 Å². The van der Waals surface area contributed by atoms with Crippen LogP contribution in [-0.4, -0.2) is 94.2 Å². The Balaban J connectivity index is 1.85. The van der Waals surface area contributed by atoms with Crippen LogP contribution in [0.3, 0.4) is 0 Å². The van der Waals surface area contributed by atoms with Gasteiger partial charge in [0, 0.05) is 48.1 Å². The van der Waals surface area contributed by atoms with Gasteiger partial charge in [-0.05, 0) is 81.6 Å². The number of hydrogen-bond acceptors (Lipinski definition) is 11. The number of hydrogen-bond donors (Lipinski definition) is 3. The van der Waals surface area contributed by atoms with Gasteiger partial charge in [0.25, 0.3) is 5.91 Å². The molecule has 4 N–H and O–H groups in total. The number of piperidine rings is 1. The summed E-state index contributed by atoms with van der Waals surface area (Å²) in [5.74, 6) is -1.94. The Labute approximate surface area is 338 Å². The lowest BCUT2D eigenvalue weighted by Gasteiger charge is -2.39. The number of ether oxygens (including phenoxy) is 1. The number of ketones is 2. The van der Waals surface area contributed by atoms with Crippen molar-refractivity contribution in [2.75, 3.05) is 26.9 Å². The smallest absolute Gasteiger partial charge is 0.307 e. The molecule has 2 aromatic rings. The molecule has 3 rings (SSSR count). The van der Waals surface area contributed by atoms with Crippen molar-refractivity contribution in [1.82, 2.24) is 20.1 Å². The maximum Gasteiger partial charge on any atom is 0.307 e. The summed E-state index contributed by atoms with van der Waals surface area (Å²) in [5, 5.41) is 15.3. The van der Waals surface area contributed by atoms with Crippen molar-refractivity contribution in [2.45, 2.75) is 137 Å². The van der Waals surface area contributed by atoms with E-state index in [1.165, 1.54) is 11.3 Å². The Morgan fingerprint density at radius 3 is 2.36 bits per heavy atom. The van der Waals surface area contributed by atoms with Crippen molar-refractivity contribution >= 4 is 40.7 Å². The van der Waals surface area contributed by atoms with Crippen molar-refractivity contribution in [3.8, 4) is 5.75 Å². The van der Waals surface area contributed by atoms with Crippen LogP contribution >= 0.6 is 11.3 Å². The number of phenols is 1. The van der Waals surface area contributed by atoms with Gasteiger partial charge in [0.15, 0.2) is 12.5 Å². The summed E-state index contributed by atoms with van der Waals surface area (Å²) in [6.45, 7) is 14.4. The van der Waals surface area contributed by atoms with E-state index in [0.717, 1.165) is 42.8 Å². The second kappa shape index (κ2) is 22.9. The fourth-order valence-electron chi connectivity index (χ4n) is 7.57. The number of carbonyl (C=O) groups is 5. The lowest BCUT2D eigenvalue weighted by molar-refractivity contribution is -0.160. The third kappa shape index (κ3) is 13.8. The number of nitrogens with one attached hydrogen (secondary N) is 1. The van der Waals surface area contributed by atoms with Gasteiger partial charge in [0.05, 0.1) is 17.6 Å². The van der Waals surface area contributed by atoms with E-state index in [0.29, 0.717) is 25.7 Å². The first-order valence-electron chi connectivity index (χ1n) is 20.6. The van der Waals surface area contributed by atoms with Crippen LogP contribution in [0.4, 0.5) is 0 Å². The molecular weight excluding hydrogens is 731 g/mol. The maximum atomic E-state index is 14.7. The first-order valence-corrected chi connectivity index (χ1v) is 21.4. The number of nitrogens with zero attached hydrogens (tertiary/aromatic N) is 3. The number of aromatic nitrogens is 1. The van der Waals surface area contributed by atoms with E-state index in [9.17, 15) is 29.1 Å². The van der Waals surface area contributed by atoms with Crippen molar-refractivity contribution in [2.24, 2.45) is 29.4 Å². The summed E-state index contributed by atoms with van der Waals surface area (Å²) in [7, 11) is 1.98. The average Bonchev–Trinajstić information content (AvgIpc) is 3.68. The molecule has 12 nitrogen and oxygen atoms in total. The molecule has 7 atom stereocenters. The predicted molar refractivity (Wildman–Crippen MR) is 220 cm³/mol. The van der Waals surface area contributed by atoms with E-state index in [-0.39, 0.29) is 109 Å². The van der Waals surface area contributed by atoms with Gasteiger partial charge < -0.3 is 25.8 Å². The number of esters is 1. The summed E-state index contributed by atoms with van der Waals surface area (Å²) < 4.78 is 5.72. The molecule has 1 aliphatic heterocycles. The minimum Gasteiger partial charge on any atom is -0.508 e. The Morgan fingerprint density at radius 1 is 1.05 bits per heavy atom. The number of likely N-dealkylation sites (N-methyl/N-ethyl adjacent to an activating group) is 1. The van der Waals surface area contributed by atoms with Crippen molar-refractivity contribution in [1.29, 1.82) is 0 Å².